The molecule has 2 atom stereocenters. The van der Waals surface area contributed by atoms with E-state index in [0.717, 1.165) is 25.9 Å². The van der Waals surface area contributed by atoms with Crippen LogP contribution in [-0.2, 0) is 10.0 Å². The van der Waals surface area contributed by atoms with Gasteiger partial charge in [-0.05, 0) is 33.4 Å². The van der Waals surface area contributed by atoms with Gasteiger partial charge in [-0.1, -0.05) is 19.1 Å². The van der Waals surface area contributed by atoms with Crippen LogP contribution < -0.4 is 5.73 Å². The zero-order valence-corrected chi connectivity index (χ0v) is 12.9. The molecule has 106 valence electrons. The second kappa shape index (κ2) is 6.27. The van der Waals surface area contributed by atoms with Gasteiger partial charge in [-0.2, -0.15) is 4.31 Å². The van der Waals surface area contributed by atoms with Crippen molar-refractivity contribution < 1.29 is 8.42 Å². The fourth-order valence-electron chi connectivity index (χ4n) is 2.24. The summed E-state index contributed by atoms with van der Waals surface area (Å²) >= 11 is 4.83. The van der Waals surface area contributed by atoms with Gasteiger partial charge < -0.3 is 10.6 Å². The zero-order valence-electron chi connectivity index (χ0n) is 11.3. The van der Waals surface area contributed by atoms with Crippen LogP contribution in [0.3, 0.4) is 0 Å². The van der Waals surface area contributed by atoms with Crippen LogP contribution in [0.4, 0.5) is 0 Å². The molecule has 2 unspecified atom stereocenters. The molecule has 7 heteroatoms. The molecular weight excluding hydrogens is 270 g/mol. The van der Waals surface area contributed by atoms with E-state index in [1.54, 1.807) is 11.2 Å². The Morgan fingerprint density at radius 3 is 2.61 bits per heavy atom. The number of nitrogens with two attached hydrogens (primary N) is 1. The maximum atomic E-state index is 12.5. The second-order valence-electron chi connectivity index (χ2n) is 4.88. The Balaban J connectivity index is 3.00. The summed E-state index contributed by atoms with van der Waals surface area (Å²) in [6.07, 6.45) is 1.64. The minimum Gasteiger partial charge on any atom is -0.392 e. The van der Waals surface area contributed by atoms with E-state index >= 15 is 0 Å². The van der Waals surface area contributed by atoms with Crippen molar-refractivity contribution in [1.82, 2.24) is 9.21 Å². The van der Waals surface area contributed by atoms with Gasteiger partial charge in [0.25, 0.3) is 0 Å². The lowest BCUT2D eigenvalue weighted by molar-refractivity contribution is 0.270. The Morgan fingerprint density at radius 2 is 2.11 bits per heavy atom. The van der Waals surface area contributed by atoms with Crippen LogP contribution in [0.1, 0.15) is 26.7 Å². The minimum atomic E-state index is -3.43. The van der Waals surface area contributed by atoms with Gasteiger partial charge in [-0.25, -0.2) is 8.42 Å². The SMILES string of the molecule is CCC1CN(C)CCCN1S(=O)(=O)C(C)C(N)=S. The van der Waals surface area contributed by atoms with Gasteiger partial charge in [0.2, 0.25) is 10.0 Å². The molecule has 1 fully saturated rings. The Hall–Kier alpha value is -0.240. The molecule has 1 saturated heterocycles. The molecule has 1 aliphatic heterocycles. The average molecular weight is 293 g/mol. The maximum absolute atomic E-state index is 12.5. The third-order valence-corrected chi connectivity index (χ3v) is 6.28. The summed E-state index contributed by atoms with van der Waals surface area (Å²) in [5, 5.41) is -0.787. The molecule has 1 heterocycles. The van der Waals surface area contributed by atoms with Crippen LogP contribution in [0.2, 0.25) is 0 Å². The van der Waals surface area contributed by atoms with Gasteiger partial charge in [-0.3, -0.25) is 0 Å². The summed E-state index contributed by atoms with van der Waals surface area (Å²) in [6, 6.07) is 0.0132. The number of hydrogen-bond acceptors (Lipinski definition) is 4. The third kappa shape index (κ3) is 3.40. The van der Waals surface area contributed by atoms with Gasteiger partial charge in [0, 0.05) is 19.1 Å². The van der Waals surface area contributed by atoms with Gasteiger partial charge >= 0.3 is 0 Å². The lowest BCUT2D eigenvalue weighted by atomic mass is 10.2. The molecule has 5 nitrogen and oxygen atoms in total. The zero-order chi connectivity index (χ0) is 13.9. The lowest BCUT2D eigenvalue weighted by Gasteiger charge is -2.31. The smallest absolute Gasteiger partial charge is 0.223 e. The number of hydrogen-bond donors (Lipinski definition) is 1. The van der Waals surface area contributed by atoms with E-state index in [2.05, 4.69) is 4.90 Å². The molecule has 1 rings (SSSR count). The number of likely N-dealkylation sites (N-methyl/N-ethyl adjacent to an activating group) is 1. The molecule has 0 aliphatic carbocycles. The van der Waals surface area contributed by atoms with E-state index in [1.165, 1.54) is 0 Å². The van der Waals surface area contributed by atoms with E-state index in [-0.39, 0.29) is 11.0 Å². The van der Waals surface area contributed by atoms with E-state index < -0.39 is 15.3 Å². The van der Waals surface area contributed by atoms with Crippen LogP contribution in [0.5, 0.6) is 0 Å². The van der Waals surface area contributed by atoms with Crippen molar-refractivity contribution in [2.24, 2.45) is 5.73 Å². The number of sulfonamides is 1. The first-order valence-corrected chi connectivity index (χ1v) is 8.20. The molecular formula is C11H23N3O2S2. The molecule has 0 aromatic rings. The second-order valence-corrected chi connectivity index (χ2v) is 7.56. The normalized spacial score (nSPS) is 25.6. The van der Waals surface area contributed by atoms with Crippen LogP contribution >= 0.6 is 12.2 Å². The van der Waals surface area contributed by atoms with Crippen LogP contribution in [0.15, 0.2) is 0 Å². The summed E-state index contributed by atoms with van der Waals surface area (Å²) in [7, 11) is -1.41. The van der Waals surface area contributed by atoms with Crippen molar-refractivity contribution in [2.45, 2.75) is 38.0 Å². The largest absolute Gasteiger partial charge is 0.392 e. The minimum absolute atomic E-state index is 0.0132. The van der Waals surface area contributed by atoms with Crippen molar-refractivity contribution in [1.29, 1.82) is 0 Å². The molecule has 0 amide bonds. The fourth-order valence-corrected chi connectivity index (χ4v) is 4.32. The van der Waals surface area contributed by atoms with E-state index in [4.69, 9.17) is 18.0 Å². The Morgan fingerprint density at radius 1 is 1.50 bits per heavy atom. The van der Waals surface area contributed by atoms with E-state index in [9.17, 15) is 8.42 Å². The molecule has 0 aromatic carbocycles. The third-order valence-electron chi connectivity index (χ3n) is 3.49. The van der Waals surface area contributed by atoms with Crippen LogP contribution in [0.25, 0.3) is 0 Å². The lowest BCUT2D eigenvalue weighted by Crippen LogP contribution is -2.49. The molecule has 0 spiro atoms. The molecule has 0 aromatic heterocycles. The predicted molar refractivity (Wildman–Crippen MR) is 78.1 cm³/mol. The average Bonchev–Trinajstić information content (AvgIpc) is 2.49. The first kappa shape index (κ1) is 15.8. The van der Waals surface area contributed by atoms with Crippen molar-refractivity contribution in [3.05, 3.63) is 0 Å². The van der Waals surface area contributed by atoms with Crippen LogP contribution in [-0.4, -0.2) is 60.6 Å². The number of rotatable bonds is 4. The molecule has 0 radical (unpaired) electrons. The van der Waals surface area contributed by atoms with Gasteiger partial charge in [-0.15, -0.1) is 0 Å². The van der Waals surface area contributed by atoms with E-state index in [1.807, 2.05) is 14.0 Å². The van der Waals surface area contributed by atoms with Crippen molar-refractivity contribution >= 4 is 27.2 Å². The van der Waals surface area contributed by atoms with Gasteiger partial charge in [0.1, 0.15) is 5.25 Å². The van der Waals surface area contributed by atoms with Crippen molar-refractivity contribution in [3.8, 4) is 0 Å². The first-order valence-electron chi connectivity index (χ1n) is 6.29. The van der Waals surface area contributed by atoms with Gasteiger partial charge in [0.15, 0.2) is 0 Å². The topological polar surface area (TPSA) is 66.6 Å². The summed E-state index contributed by atoms with van der Waals surface area (Å²) in [5.74, 6) is 0. The summed E-state index contributed by atoms with van der Waals surface area (Å²) in [5.41, 5.74) is 5.50. The van der Waals surface area contributed by atoms with Gasteiger partial charge in [0.05, 0.1) is 4.99 Å². The van der Waals surface area contributed by atoms with Crippen LogP contribution in [0, 0.1) is 0 Å². The number of thiocarbonyl (C=S) groups is 1. The monoisotopic (exact) mass is 293 g/mol. The summed E-state index contributed by atoms with van der Waals surface area (Å²) < 4.78 is 26.6. The molecule has 18 heavy (non-hydrogen) atoms. The highest BCUT2D eigenvalue weighted by Crippen LogP contribution is 2.19. The highest BCUT2D eigenvalue weighted by Gasteiger charge is 2.36. The van der Waals surface area contributed by atoms with Crippen molar-refractivity contribution in [3.63, 3.8) is 0 Å². The highest BCUT2D eigenvalue weighted by molar-refractivity contribution is 7.92. The highest BCUT2D eigenvalue weighted by atomic mass is 32.2. The molecule has 0 saturated carbocycles. The Labute approximate surface area is 115 Å². The molecule has 1 aliphatic rings. The molecule has 0 bridgehead atoms. The molecule has 2 N–H and O–H groups in total. The summed E-state index contributed by atoms with van der Waals surface area (Å²) in [4.78, 5) is 2.22. The van der Waals surface area contributed by atoms with E-state index in [0.29, 0.717) is 6.54 Å². The quantitative estimate of drug-likeness (QED) is 0.760. The van der Waals surface area contributed by atoms with Crippen molar-refractivity contribution in [2.75, 3.05) is 26.7 Å². The maximum Gasteiger partial charge on any atom is 0.223 e. The number of nitrogens with zero attached hydrogens (tertiary/aromatic N) is 2. The fraction of sp³-hybridized carbons (Fsp3) is 0.909. The first-order chi connectivity index (χ1) is 8.30. The summed E-state index contributed by atoms with van der Waals surface area (Å²) in [6.45, 7) is 5.82. The Bertz CT molecular complexity index is 397. The predicted octanol–water partition coefficient (Wildman–Crippen LogP) is 0.407. The Kier molecular flexibility index (Phi) is 5.51. The standard InChI is InChI=1S/C11H23N3O2S2/c1-4-10-8-13(3)6-5-7-14(10)18(15,16)9(2)11(12)17/h9-10H,4-8H2,1-3H3,(H2,12,17).